The molecule has 1 atom stereocenters. The number of amides is 2. The van der Waals surface area contributed by atoms with Gasteiger partial charge in [-0.15, -0.1) is 11.3 Å². The van der Waals surface area contributed by atoms with Crippen LogP contribution in [0.1, 0.15) is 40.2 Å². The van der Waals surface area contributed by atoms with Crippen molar-refractivity contribution < 1.29 is 19.1 Å². The Labute approximate surface area is 156 Å². The Kier molecular flexibility index (Phi) is 6.15. The molecular formula is C19H22N2O4S. The van der Waals surface area contributed by atoms with Gasteiger partial charge in [0.2, 0.25) is 5.91 Å². The van der Waals surface area contributed by atoms with Crippen LogP contribution in [-0.4, -0.2) is 23.9 Å². The lowest BCUT2D eigenvalue weighted by atomic mass is 10.1. The number of rotatable bonds is 5. The molecule has 0 aliphatic carbocycles. The molecule has 0 unspecified atom stereocenters. The molecule has 2 N–H and O–H groups in total. The molecule has 0 fully saturated rings. The van der Waals surface area contributed by atoms with Gasteiger partial charge >= 0.3 is 5.97 Å². The van der Waals surface area contributed by atoms with Gasteiger partial charge in [0.1, 0.15) is 5.00 Å². The van der Waals surface area contributed by atoms with Crippen LogP contribution in [0.25, 0.3) is 0 Å². The number of nitrogens with one attached hydrogen (secondary N) is 2. The van der Waals surface area contributed by atoms with Crippen molar-refractivity contribution in [1.29, 1.82) is 0 Å². The van der Waals surface area contributed by atoms with Gasteiger partial charge in [0, 0.05) is 17.5 Å². The molecular weight excluding hydrogens is 352 g/mol. The summed E-state index contributed by atoms with van der Waals surface area (Å²) in [7, 11) is 0. The highest BCUT2D eigenvalue weighted by Crippen LogP contribution is 2.33. The van der Waals surface area contributed by atoms with Crippen LogP contribution in [-0.2, 0) is 14.3 Å². The molecule has 1 heterocycles. The number of hydrogen-bond donors (Lipinski definition) is 2. The minimum Gasteiger partial charge on any atom is -0.449 e. The van der Waals surface area contributed by atoms with Gasteiger partial charge in [-0.2, -0.15) is 0 Å². The van der Waals surface area contributed by atoms with Gasteiger partial charge in [-0.1, -0.05) is 12.1 Å². The maximum atomic E-state index is 12.6. The summed E-state index contributed by atoms with van der Waals surface area (Å²) in [5, 5.41) is 5.80. The summed E-state index contributed by atoms with van der Waals surface area (Å²) >= 11 is 1.30. The minimum absolute atomic E-state index is 0.273. The van der Waals surface area contributed by atoms with E-state index >= 15 is 0 Å². The summed E-state index contributed by atoms with van der Waals surface area (Å²) < 4.78 is 5.32. The summed E-state index contributed by atoms with van der Waals surface area (Å²) in [4.78, 5) is 37.1. The lowest BCUT2D eigenvalue weighted by molar-refractivity contribution is -0.123. The van der Waals surface area contributed by atoms with Gasteiger partial charge in [-0.3, -0.25) is 9.59 Å². The first-order valence-electron chi connectivity index (χ1n) is 8.15. The number of thiophene rings is 1. The summed E-state index contributed by atoms with van der Waals surface area (Å²) in [6, 6.07) is 7.34. The molecule has 2 rings (SSSR count). The van der Waals surface area contributed by atoms with E-state index in [4.69, 9.17) is 4.74 Å². The highest BCUT2D eigenvalue weighted by atomic mass is 32.1. The van der Waals surface area contributed by atoms with E-state index in [1.54, 1.807) is 13.0 Å². The van der Waals surface area contributed by atoms with Gasteiger partial charge in [0.05, 0.1) is 5.56 Å². The van der Waals surface area contributed by atoms with Crippen LogP contribution in [0.5, 0.6) is 0 Å². The summed E-state index contributed by atoms with van der Waals surface area (Å²) in [5.74, 6) is -1.33. The standard InChI is InChI=1S/C19H22N2O4S/c1-10-7-6-8-15(9-10)21-17(23)12(3)25-19(24)16-11(2)13(4)26-18(16)20-14(5)22/h6-9,12H,1-5H3,(H,20,22)(H,21,23)/t12-/m0/s1. The molecule has 138 valence electrons. The average Bonchev–Trinajstić information content (AvgIpc) is 2.80. The molecule has 26 heavy (non-hydrogen) atoms. The first-order chi connectivity index (χ1) is 12.2. The van der Waals surface area contributed by atoms with E-state index in [0.29, 0.717) is 10.7 Å². The van der Waals surface area contributed by atoms with E-state index < -0.39 is 18.0 Å². The van der Waals surface area contributed by atoms with Crippen LogP contribution in [0.4, 0.5) is 10.7 Å². The fourth-order valence-electron chi connectivity index (χ4n) is 2.36. The van der Waals surface area contributed by atoms with Crippen LogP contribution in [0.2, 0.25) is 0 Å². The van der Waals surface area contributed by atoms with Crippen molar-refractivity contribution in [3.8, 4) is 0 Å². The van der Waals surface area contributed by atoms with Crippen molar-refractivity contribution in [2.45, 2.75) is 40.7 Å². The number of esters is 1. The molecule has 0 saturated heterocycles. The van der Waals surface area contributed by atoms with Gasteiger partial charge in [0.15, 0.2) is 6.10 Å². The summed E-state index contributed by atoms with van der Waals surface area (Å²) in [6.45, 7) is 8.44. The number of ether oxygens (including phenoxy) is 1. The predicted octanol–water partition coefficient (Wildman–Crippen LogP) is 3.82. The first kappa shape index (κ1) is 19.7. The van der Waals surface area contributed by atoms with E-state index in [1.165, 1.54) is 25.2 Å². The zero-order chi connectivity index (χ0) is 19.4. The predicted molar refractivity (Wildman–Crippen MR) is 103 cm³/mol. The fraction of sp³-hybridized carbons (Fsp3) is 0.316. The van der Waals surface area contributed by atoms with Crippen LogP contribution < -0.4 is 10.6 Å². The van der Waals surface area contributed by atoms with Crippen molar-refractivity contribution in [1.82, 2.24) is 0 Å². The van der Waals surface area contributed by atoms with E-state index in [1.807, 2.05) is 32.0 Å². The Bertz CT molecular complexity index is 857. The zero-order valence-corrected chi connectivity index (χ0v) is 16.2. The quantitative estimate of drug-likeness (QED) is 0.779. The molecule has 0 bridgehead atoms. The fourth-order valence-corrected chi connectivity index (χ4v) is 3.45. The zero-order valence-electron chi connectivity index (χ0n) is 15.4. The highest BCUT2D eigenvalue weighted by Gasteiger charge is 2.25. The molecule has 6 nitrogen and oxygen atoms in total. The Morgan fingerprint density at radius 3 is 2.42 bits per heavy atom. The topological polar surface area (TPSA) is 84.5 Å². The van der Waals surface area contributed by atoms with Gasteiger partial charge in [0.25, 0.3) is 5.91 Å². The smallest absolute Gasteiger partial charge is 0.342 e. The van der Waals surface area contributed by atoms with Crippen molar-refractivity contribution >= 4 is 39.8 Å². The molecule has 7 heteroatoms. The normalized spacial score (nSPS) is 11.6. The van der Waals surface area contributed by atoms with Crippen LogP contribution in [0.3, 0.4) is 0 Å². The summed E-state index contributed by atoms with van der Waals surface area (Å²) in [5.41, 5.74) is 2.67. The van der Waals surface area contributed by atoms with Crippen molar-refractivity contribution in [2.24, 2.45) is 0 Å². The first-order valence-corrected chi connectivity index (χ1v) is 8.96. The number of aryl methyl sites for hydroxylation is 2. The largest absolute Gasteiger partial charge is 0.449 e. The molecule has 1 aromatic carbocycles. The Morgan fingerprint density at radius 2 is 1.81 bits per heavy atom. The Balaban J connectivity index is 2.11. The molecule has 0 radical (unpaired) electrons. The van der Waals surface area contributed by atoms with E-state index in [0.717, 1.165) is 16.0 Å². The van der Waals surface area contributed by atoms with E-state index in [9.17, 15) is 14.4 Å². The highest BCUT2D eigenvalue weighted by molar-refractivity contribution is 7.16. The third kappa shape index (κ3) is 4.70. The molecule has 0 spiro atoms. The number of hydrogen-bond acceptors (Lipinski definition) is 5. The number of benzene rings is 1. The number of carbonyl (C=O) groups is 3. The lowest BCUT2D eigenvalue weighted by Crippen LogP contribution is -2.30. The van der Waals surface area contributed by atoms with Crippen molar-refractivity contribution in [3.63, 3.8) is 0 Å². The van der Waals surface area contributed by atoms with Gasteiger partial charge in [-0.25, -0.2) is 4.79 Å². The molecule has 1 aromatic heterocycles. The molecule has 0 aliphatic rings. The Morgan fingerprint density at radius 1 is 1.12 bits per heavy atom. The van der Waals surface area contributed by atoms with Crippen molar-refractivity contribution in [2.75, 3.05) is 10.6 Å². The Hall–Kier alpha value is -2.67. The van der Waals surface area contributed by atoms with Crippen LogP contribution in [0, 0.1) is 20.8 Å². The third-order valence-electron chi connectivity index (χ3n) is 3.82. The lowest BCUT2D eigenvalue weighted by Gasteiger charge is -2.14. The minimum atomic E-state index is -0.979. The maximum absolute atomic E-state index is 12.6. The molecule has 0 aliphatic heterocycles. The SMILES string of the molecule is CC(=O)Nc1sc(C)c(C)c1C(=O)O[C@@H](C)C(=O)Nc1cccc(C)c1. The second-order valence-corrected chi connectivity index (χ2v) is 7.30. The van der Waals surface area contributed by atoms with Crippen LogP contribution in [0.15, 0.2) is 24.3 Å². The van der Waals surface area contributed by atoms with Crippen LogP contribution >= 0.6 is 11.3 Å². The number of anilines is 2. The van der Waals surface area contributed by atoms with Gasteiger partial charge in [-0.05, 0) is 51.0 Å². The third-order valence-corrected chi connectivity index (χ3v) is 4.94. The average molecular weight is 374 g/mol. The number of carbonyl (C=O) groups excluding carboxylic acids is 3. The second-order valence-electron chi connectivity index (χ2n) is 6.07. The monoisotopic (exact) mass is 374 g/mol. The van der Waals surface area contributed by atoms with E-state index in [-0.39, 0.29) is 11.5 Å². The molecule has 2 aromatic rings. The molecule has 0 saturated carbocycles. The summed E-state index contributed by atoms with van der Waals surface area (Å²) in [6.07, 6.45) is -0.979. The van der Waals surface area contributed by atoms with E-state index in [2.05, 4.69) is 10.6 Å². The maximum Gasteiger partial charge on any atom is 0.342 e. The second kappa shape index (κ2) is 8.14. The van der Waals surface area contributed by atoms with Crippen molar-refractivity contribution in [3.05, 3.63) is 45.8 Å². The molecule has 2 amide bonds. The van der Waals surface area contributed by atoms with Gasteiger partial charge < -0.3 is 15.4 Å².